The van der Waals surface area contributed by atoms with Gasteiger partial charge in [-0.25, -0.2) is 0 Å². The summed E-state index contributed by atoms with van der Waals surface area (Å²) in [4.78, 5) is 36.1. The Bertz CT molecular complexity index is 1420. The van der Waals surface area contributed by atoms with Crippen LogP contribution in [0.15, 0.2) is 66.4 Å². The SMILES string of the molecule is O=C1CC(c2cccc([N+](=O)[O-])c2)c2c(ccc3c2OC(=Cc2ccccc2OC(F)F)C3=O)O1. The molecule has 2 heterocycles. The van der Waals surface area contributed by atoms with E-state index in [1.807, 2.05) is 0 Å². The molecular formula is C25H15F2NO7. The summed E-state index contributed by atoms with van der Waals surface area (Å²) in [7, 11) is 0. The van der Waals surface area contributed by atoms with E-state index in [-0.39, 0.29) is 46.2 Å². The van der Waals surface area contributed by atoms with Crippen LogP contribution in [-0.2, 0) is 4.79 Å². The van der Waals surface area contributed by atoms with Crippen LogP contribution >= 0.6 is 0 Å². The Kier molecular flexibility index (Phi) is 5.48. The lowest BCUT2D eigenvalue weighted by Gasteiger charge is -2.26. The van der Waals surface area contributed by atoms with Gasteiger partial charge in [-0.05, 0) is 29.8 Å². The van der Waals surface area contributed by atoms with Crippen molar-refractivity contribution < 1.29 is 37.5 Å². The van der Waals surface area contributed by atoms with Gasteiger partial charge in [0.2, 0.25) is 5.78 Å². The van der Waals surface area contributed by atoms with Crippen LogP contribution in [0.2, 0.25) is 0 Å². The number of para-hydroxylation sites is 1. The number of hydrogen-bond donors (Lipinski definition) is 0. The highest BCUT2D eigenvalue weighted by Crippen LogP contribution is 2.49. The van der Waals surface area contributed by atoms with Crippen molar-refractivity contribution in [2.75, 3.05) is 0 Å². The maximum absolute atomic E-state index is 13.1. The van der Waals surface area contributed by atoms with E-state index in [1.165, 1.54) is 54.6 Å². The van der Waals surface area contributed by atoms with E-state index >= 15 is 0 Å². The number of hydrogen-bond acceptors (Lipinski definition) is 7. The normalized spacial score (nSPS) is 17.6. The van der Waals surface area contributed by atoms with Crippen molar-refractivity contribution in [2.24, 2.45) is 0 Å². The van der Waals surface area contributed by atoms with Gasteiger partial charge >= 0.3 is 12.6 Å². The lowest BCUT2D eigenvalue weighted by Crippen LogP contribution is -2.21. The number of non-ortho nitro benzene ring substituents is 1. The first-order valence-corrected chi connectivity index (χ1v) is 10.4. The minimum Gasteiger partial charge on any atom is -0.452 e. The van der Waals surface area contributed by atoms with E-state index in [0.717, 1.165) is 0 Å². The van der Waals surface area contributed by atoms with Gasteiger partial charge in [-0.2, -0.15) is 8.78 Å². The average Bonchev–Trinajstić information content (AvgIpc) is 3.14. The zero-order chi connectivity index (χ0) is 24.7. The van der Waals surface area contributed by atoms with Crippen LogP contribution in [0.3, 0.4) is 0 Å². The maximum Gasteiger partial charge on any atom is 0.387 e. The van der Waals surface area contributed by atoms with Crippen molar-refractivity contribution in [3.8, 4) is 17.2 Å². The summed E-state index contributed by atoms with van der Waals surface area (Å²) in [5, 5.41) is 11.3. The number of ketones is 1. The Labute approximate surface area is 196 Å². The number of rotatable bonds is 5. The zero-order valence-corrected chi connectivity index (χ0v) is 17.8. The summed E-state index contributed by atoms with van der Waals surface area (Å²) in [6.07, 6.45) is 1.18. The van der Waals surface area contributed by atoms with Gasteiger partial charge in [-0.3, -0.25) is 19.7 Å². The Balaban J connectivity index is 1.59. The molecule has 10 heteroatoms. The van der Waals surface area contributed by atoms with E-state index in [0.29, 0.717) is 11.1 Å². The standard InChI is InChI=1S/C25H15F2NO7/c26-25(27)35-18-7-2-1-4-14(18)11-20-23(30)16-8-9-19-22(24(16)34-20)17(12-21(29)33-19)13-5-3-6-15(10-13)28(31)32/h1-11,17,25H,12H2. The molecule has 1 unspecified atom stereocenters. The number of allylic oxidation sites excluding steroid dienone is 1. The van der Waals surface area contributed by atoms with E-state index in [4.69, 9.17) is 9.47 Å². The molecule has 0 saturated carbocycles. The summed E-state index contributed by atoms with van der Waals surface area (Å²) in [6, 6.07) is 14.7. The van der Waals surface area contributed by atoms with Crippen LogP contribution in [0, 0.1) is 10.1 Å². The number of esters is 1. The second-order valence-electron chi connectivity index (χ2n) is 7.79. The molecule has 0 amide bonds. The highest BCUT2D eigenvalue weighted by atomic mass is 19.3. The first-order chi connectivity index (χ1) is 16.8. The van der Waals surface area contributed by atoms with Gasteiger partial charge in [0.25, 0.3) is 5.69 Å². The van der Waals surface area contributed by atoms with E-state index in [1.54, 1.807) is 12.1 Å². The molecule has 0 fully saturated rings. The van der Waals surface area contributed by atoms with Crippen LogP contribution in [0.4, 0.5) is 14.5 Å². The number of Topliss-reactive ketones (excluding diaryl/α,β-unsaturated/α-hetero) is 1. The van der Waals surface area contributed by atoms with Crippen molar-refractivity contribution in [1.82, 2.24) is 0 Å². The molecule has 176 valence electrons. The third-order valence-electron chi connectivity index (χ3n) is 5.68. The van der Waals surface area contributed by atoms with Crippen molar-refractivity contribution in [2.45, 2.75) is 19.0 Å². The van der Waals surface area contributed by atoms with Crippen LogP contribution in [0.25, 0.3) is 6.08 Å². The Hall–Kier alpha value is -4.60. The van der Waals surface area contributed by atoms with Gasteiger partial charge in [0.15, 0.2) is 5.76 Å². The predicted molar refractivity (Wildman–Crippen MR) is 118 cm³/mol. The number of fused-ring (bicyclic) bond motifs is 3. The molecule has 0 spiro atoms. The first-order valence-electron chi connectivity index (χ1n) is 10.4. The Morgan fingerprint density at radius 2 is 1.86 bits per heavy atom. The van der Waals surface area contributed by atoms with Crippen molar-refractivity contribution >= 4 is 23.5 Å². The van der Waals surface area contributed by atoms with Gasteiger partial charge in [0, 0.05) is 29.2 Å². The Morgan fingerprint density at radius 3 is 2.63 bits per heavy atom. The molecule has 35 heavy (non-hydrogen) atoms. The van der Waals surface area contributed by atoms with E-state index in [9.17, 15) is 28.5 Å². The van der Waals surface area contributed by atoms with Crippen molar-refractivity contribution in [3.05, 3.63) is 98.8 Å². The molecule has 0 saturated heterocycles. The number of benzene rings is 3. The van der Waals surface area contributed by atoms with E-state index in [2.05, 4.69) is 4.74 Å². The zero-order valence-electron chi connectivity index (χ0n) is 17.8. The fourth-order valence-corrected chi connectivity index (χ4v) is 4.19. The summed E-state index contributed by atoms with van der Waals surface area (Å²) < 4.78 is 41.3. The largest absolute Gasteiger partial charge is 0.452 e. The fourth-order valence-electron chi connectivity index (χ4n) is 4.19. The molecule has 0 radical (unpaired) electrons. The molecule has 0 aliphatic carbocycles. The smallest absolute Gasteiger partial charge is 0.387 e. The summed E-state index contributed by atoms with van der Waals surface area (Å²) in [5.74, 6) is -1.64. The number of alkyl halides is 2. The highest BCUT2D eigenvalue weighted by Gasteiger charge is 2.39. The van der Waals surface area contributed by atoms with E-state index < -0.39 is 29.2 Å². The van der Waals surface area contributed by atoms with Gasteiger partial charge < -0.3 is 14.2 Å². The highest BCUT2D eigenvalue weighted by molar-refractivity contribution is 6.15. The second-order valence-corrected chi connectivity index (χ2v) is 7.79. The molecule has 0 N–H and O–H groups in total. The number of ether oxygens (including phenoxy) is 3. The Morgan fingerprint density at radius 1 is 1.06 bits per heavy atom. The minimum absolute atomic E-state index is 0.119. The minimum atomic E-state index is -3.05. The van der Waals surface area contributed by atoms with Crippen LogP contribution in [0.5, 0.6) is 17.2 Å². The molecule has 1 atom stereocenters. The second kappa shape index (κ2) is 8.64. The first kappa shape index (κ1) is 22.2. The molecule has 8 nitrogen and oxygen atoms in total. The van der Waals surface area contributed by atoms with Crippen molar-refractivity contribution in [1.29, 1.82) is 0 Å². The third-order valence-corrected chi connectivity index (χ3v) is 5.68. The molecular weight excluding hydrogens is 464 g/mol. The lowest BCUT2D eigenvalue weighted by atomic mass is 9.84. The van der Waals surface area contributed by atoms with Gasteiger partial charge in [-0.1, -0.05) is 30.3 Å². The van der Waals surface area contributed by atoms with Crippen LogP contribution in [-0.4, -0.2) is 23.3 Å². The molecule has 3 aromatic rings. The predicted octanol–water partition coefficient (Wildman–Crippen LogP) is 5.25. The molecule has 5 rings (SSSR count). The fraction of sp³-hybridized carbons (Fsp3) is 0.120. The topological polar surface area (TPSA) is 105 Å². The number of carbonyl (C=O) groups excluding carboxylic acids is 2. The van der Waals surface area contributed by atoms with Gasteiger partial charge in [0.1, 0.15) is 17.2 Å². The molecule has 0 aromatic heterocycles. The lowest BCUT2D eigenvalue weighted by molar-refractivity contribution is -0.384. The van der Waals surface area contributed by atoms with Gasteiger partial charge in [-0.15, -0.1) is 0 Å². The number of carbonyl (C=O) groups is 2. The molecule has 0 bridgehead atoms. The average molecular weight is 479 g/mol. The van der Waals surface area contributed by atoms with Gasteiger partial charge in [0.05, 0.1) is 16.9 Å². The molecule has 2 aliphatic rings. The summed E-state index contributed by atoms with van der Waals surface area (Å²) in [6.45, 7) is -3.05. The third kappa shape index (κ3) is 4.10. The number of halogens is 2. The summed E-state index contributed by atoms with van der Waals surface area (Å²) in [5.41, 5.74) is 1.13. The maximum atomic E-state index is 13.1. The van der Waals surface area contributed by atoms with Crippen LogP contribution < -0.4 is 14.2 Å². The van der Waals surface area contributed by atoms with Crippen LogP contribution in [0.1, 0.15) is 39.4 Å². The molecule has 3 aromatic carbocycles. The van der Waals surface area contributed by atoms with Crippen molar-refractivity contribution in [3.63, 3.8) is 0 Å². The monoisotopic (exact) mass is 479 g/mol. The quantitative estimate of drug-likeness (QED) is 0.162. The number of nitro benzene ring substituents is 1. The molecule has 2 aliphatic heterocycles. The number of nitrogens with zero attached hydrogens (tertiary/aromatic N) is 1. The summed E-state index contributed by atoms with van der Waals surface area (Å²) >= 11 is 0. The number of nitro groups is 1.